The van der Waals surface area contributed by atoms with Gasteiger partial charge in [-0.25, -0.2) is 0 Å². The summed E-state index contributed by atoms with van der Waals surface area (Å²) in [5.74, 6) is 2.72. The van der Waals surface area contributed by atoms with Crippen LogP contribution in [0.3, 0.4) is 0 Å². The van der Waals surface area contributed by atoms with E-state index in [0.717, 1.165) is 42.3 Å². The van der Waals surface area contributed by atoms with Crippen molar-refractivity contribution in [3.63, 3.8) is 0 Å². The molecule has 0 bridgehead atoms. The maximum atomic E-state index is 12.6. The number of hydrogen-bond acceptors (Lipinski definition) is 4. The number of thioether (sulfide) groups is 1. The number of amides is 1. The molecule has 2 aliphatic rings. The monoisotopic (exact) mass is 341 g/mol. The Morgan fingerprint density at radius 3 is 2.75 bits per heavy atom. The molecule has 0 radical (unpaired) electrons. The molecule has 1 atom stereocenters. The standard InChI is InChI=1S/C19H19NO3S/c21-19(14-4-2-1-3-5-14)20-9-8-18(24-11-10-20)15-6-7-16-17(12-15)23-13-22-16/h1-7,12,18H,8-11,13H2. The lowest BCUT2D eigenvalue weighted by molar-refractivity contribution is 0.0766. The minimum Gasteiger partial charge on any atom is -0.454 e. The molecule has 1 unspecified atom stereocenters. The minimum atomic E-state index is 0.127. The molecule has 0 aromatic heterocycles. The SMILES string of the molecule is O=C(c1ccccc1)N1CCSC(c2ccc3c(c2)OCO3)CC1. The van der Waals surface area contributed by atoms with Crippen molar-refractivity contribution < 1.29 is 14.3 Å². The van der Waals surface area contributed by atoms with E-state index in [2.05, 4.69) is 12.1 Å². The van der Waals surface area contributed by atoms with Gasteiger partial charge in [-0.1, -0.05) is 24.3 Å². The fourth-order valence-electron chi connectivity index (χ4n) is 3.12. The van der Waals surface area contributed by atoms with Crippen LogP contribution < -0.4 is 9.47 Å². The van der Waals surface area contributed by atoms with Gasteiger partial charge in [0, 0.05) is 29.7 Å². The van der Waals surface area contributed by atoms with E-state index >= 15 is 0 Å². The summed E-state index contributed by atoms with van der Waals surface area (Å²) in [7, 11) is 0. The molecule has 2 aromatic carbocycles. The third-order valence-corrected chi connectivity index (χ3v) is 5.75. The number of fused-ring (bicyclic) bond motifs is 1. The lowest BCUT2D eigenvalue weighted by Crippen LogP contribution is -2.32. The zero-order valence-corrected chi connectivity index (χ0v) is 14.1. The molecule has 0 saturated carbocycles. The zero-order valence-electron chi connectivity index (χ0n) is 13.3. The fraction of sp³-hybridized carbons (Fsp3) is 0.316. The van der Waals surface area contributed by atoms with Gasteiger partial charge >= 0.3 is 0 Å². The molecule has 1 fully saturated rings. The van der Waals surface area contributed by atoms with Crippen LogP contribution in [0, 0.1) is 0 Å². The van der Waals surface area contributed by atoms with Gasteiger partial charge in [-0.15, -0.1) is 0 Å². The summed E-state index contributed by atoms with van der Waals surface area (Å²) in [5.41, 5.74) is 2.02. The van der Waals surface area contributed by atoms with Crippen LogP contribution in [0.15, 0.2) is 48.5 Å². The molecule has 4 nitrogen and oxygen atoms in total. The van der Waals surface area contributed by atoms with E-state index in [1.54, 1.807) is 0 Å². The summed E-state index contributed by atoms with van der Waals surface area (Å²) in [6, 6.07) is 15.7. The second kappa shape index (κ2) is 6.77. The van der Waals surface area contributed by atoms with E-state index in [1.165, 1.54) is 5.56 Å². The van der Waals surface area contributed by atoms with E-state index in [9.17, 15) is 4.79 Å². The number of hydrogen-bond donors (Lipinski definition) is 0. The summed E-state index contributed by atoms with van der Waals surface area (Å²) in [6.07, 6.45) is 0.947. The predicted octanol–water partition coefficient (Wildman–Crippen LogP) is 3.74. The Labute approximate surface area is 145 Å². The molecular weight excluding hydrogens is 322 g/mol. The first-order valence-electron chi connectivity index (χ1n) is 8.17. The largest absolute Gasteiger partial charge is 0.454 e. The first kappa shape index (κ1) is 15.4. The van der Waals surface area contributed by atoms with E-state index in [0.29, 0.717) is 12.0 Å². The number of carbonyl (C=O) groups is 1. The van der Waals surface area contributed by atoms with Crippen LogP contribution >= 0.6 is 11.8 Å². The molecule has 0 aliphatic carbocycles. The zero-order chi connectivity index (χ0) is 16.4. The van der Waals surface area contributed by atoms with Crippen LogP contribution in [0.4, 0.5) is 0 Å². The number of nitrogens with zero attached hydrogens (tertiary/aromatic N) is 1. The predicted molar refractivity (Wildman–Crippen MR) is 94.7 cm³/mol. The van der Waals surface area contributed by atoms with Crippen LogP contribution in [-0.4, -0.2) is 36.4 Å². The normalized spacial score (nSPS) is 19.8. The second-order valence-corrected chi connectivity index (χ2v) is 7.23. The molecule has 0 N–H and O–H groups in total. The van der Waals surface area contributed by atoms with Gasteiger partial charge in [0.25, 0.3) is 5.91 Å². The molecule has 124 valence electrons. The Bertz CT molecular complexity index is 735. The Morgan fingerprint density at radius 2 is 1.88 bits per heavy atom. The first-order chi connectivity index (χ1) is 11.8. The van der Waals surface area contributed by atoms with Gasteiger partial charge in [0.15, 0.2) is 11.5 Å². The molecular formula is C19H19NO3S. The average Bonchev–Trinajstić information content (AvgIpc) is 2.96. The maximum absolute atomic E-state index is 12.6. The second-order valence-electron chi connectivity index (χ2n) is 5.92. The van der Waals surface area contributed by atoms with Crippen molar-refractivity contribution in [1.29, 1.82) is 0 Å². The van der Waals surface area contributed by atoms with Gasteiger partial charge in [-0.05, 0) is 36.2 Å². The first-order valence-corrected chi connectivity index (χ1v) is 9.21. The van der Waals surface area contributed by atoms with E-state index in [1.807, 2.05) is 53.1 Å². The number of benzene rings is 2. The Hall–Kier alpha value is -2.14. The summed E-state index contributed by atoms with van der Waals surface area (Å²) < 4.78 is 10.9. The van der Waals surface area contributed by atoms with Crippen LogP contribution in [0.25, 0.3) is 0 Å². The molecule has 2 heterocycles. The highest BCUT2D eigenvalue weighted by atomic mass is 32.2. The summed E-state index contributed by atoms with van der Waals surface area (Å²) in [5, 5.41) is 0.382. The quantitative estimate of drug-likeness (QED) is 0.834. The Kier molecular flexibility index (Phi) is 4.34. The summed E-state index contributed by atoms with van der Waals surface area (Å²) in [4.78, 5) is 14.6. The summed E-state index contributed by atoms with van der Waals surface area (Å²) in [6.45, 7) is 1.87. The van der Waals surface area contributed by atoms with E-state index in [4.69, 9.17) is 9.47 Å². The molecule has 24 heavy (non-hydrogen) atoms. The van der Waals surface area contributed by atoms with Crippen LogP contribution in [-0.2, 0) is 0 Å². The van der Waals surface area contributed by atoms with Gasteiger partial charge in [-0.2, -0.15) is 11.8 Å². The van der Waals surface area contributed by atoms with Crippen molar-refractivity contribution in [3.05, 3.63) is 59.7 Å². The molecule has 1 amide bonds. The number of ether oxygens (including phenoxy) is 2. The third-order valence-electron chi connectivity index (χ3n) is 4.42. The van der Waals surface area contributed by atoms with Crippen molar-refractivity contribution >= 4 is 17.7 Å². The van der Waals surface area contributed by atoms with E-state index < -0.39 is 0 Å². The van der Waals surface area contributed by atoms with Gasteiger partial charge < -0.3 is 14.4 Å². The highest BCUT2D eigenvalue weighted by Gasteiger charge is 2.24. The summed E-state index contributed by atoms with van der Waals surface area (Å²) >= 11 is 1.91. The van der Waals surface area contributed by atoms with Crippen molar-refractivity contribution in [2.24, 2.45) is 0 Å². The van der Waals surface area contributed by atoms with Crippen molar-refractivity contribution in [2.75, 3.05) is 25.6 Å². The van der Waals surface area contributed by atoms with E-state index in [-0.39, 0.29) is 5.91 Å². The number of carbonyl (C=O) groups excluding carboxylic acids is 1. The molecule has 1 saturated heterocycles. The van der Waals surface area contributed by atoms with Crippen LogP contribution in [0.2, 0.25) is 0 Å². The minimum absolute atomic E-state index is 0.127. The highest BCUT2D eigenvalue weighted by molar-refractivity contribution is 7.99. The van der Waals surface area contributed by atoms with Gasteiger partial charge in [0.2, 0.25) is 6.79 Å². The maximum Gasteiger partial charge on any atom is 0.253 e. The molecule has 0 spiro atoms. The van der Waals surface area contributed by atoms with Crippen LogP contribution in [0.1, 0.15) is 27.6 Å². The molecule has 5 heteroatoms. The number of rotatable bonds is 2. The molecule has 2 aliphatic heterocycles. The molecule has 4 rings (SSSR count). The van der Waals surface area contributed by atoms with Crippen molar-refractivity contribution in [1.82, 2.24) is 4.90 Å². The highest BCUT2D eigenvalue weighted by Crippen LogP contribution is 2.40. The lowest BCUT2D eigenvalue weighted by atomic mass is 10.1. The molecule has 2 aromatic rings. The Balaban J connectivity index is 1.46. The lowest BCUT2D eigenvalue weighted by Gasteiger charge is -2.20. The Morgan fingerprint density at radius 1 is 1.04 bits per heavy atom. The van der Waals surface area contributed by atoms with Crippen molar-refractivity contribution in [3.8, 4) is 11.5 Å². The van der Waals surface area contributed by atoms with Gasteiger partial charge in [-0.3, -0.25) is 4.79 Å². The van der Waals surface area contributed by atoms with Gasteiger partial charge in [0.05, 0.1) is 0 Å². The fourth-order valence-corrected chi connectivity index (χ4v) is 4.34. The van der Waals surface area contributed by atoms with Crippen molar-refractivity contribution in [2.45, 2.75) is 11.7 Å². The van der Waals surface area contributed by atoms with Gasteiger partial charge in [0.1, 0.15) is 0 Å². The third kappa shape index (κ3) is 3.08. The average molecular weight is 341 g/mol. The topological polar surface area (TPSA) is 38.8 Å². The smallest absolute Gasteiger partial charge is 0.253 e. The van der Waals surface area contributed by atoms with Crippen LogP contribution in [0.5, 0.6) is 11.5 Å².